The zero-order valence-corrected chi connectivity index (χ0v) is 9.48. The first kappa shape index (κ1) is 12.9. The number of hydrogen-bond donors (Lipinski definition) is 2. The molecule has 0 aliphatic heterocycles. The van der Waals surface area contributed by atoms with Gasteiger partial charge in [-0.05, 0) is 31.5 Å². The highest BCUT2D eigenvalue weighted by atomic mass is 19.1. The topological polar surface area (TPSA) is 49.7 Å². The molecule has 0 aromatic heterocycles. The van der Waals surface area contributed by atoms with E-state index in [0.717, 1.165) is 0 Å². The van der Waals surface area contributed by atoms with E-state index in [1.807, 2.05) is 13.8 Å². The molecule has 4 heteroatoms. The molecule has 0 saturated heterocycles. The van der Waals surface area contributed by atoms with E-state index in [1.54, 1.807) is 6.07 Å². The van der Waals surface area contributed by atoms with Gasteiger partial charge >= 0.3 is 0 Å². The Morgan fingerprint density at radius 3 is 2.56 bits per heavy atom. The Labute approximate surface area is 94.5 Å². The van der Waals surface area contributed by atoms with Gasteiger partial charge in [0, 0.05) is 13.0 Å². The van der Waals surface area contributed by atoms with Gasteiger partial charge in [-0.3, -0.25) is 0 Å². The molecule has 0 spiro atoms. The first-order valence-corrected chi connectivity index (χ1v) is 5.29. The average Bonchev–Trinajstić information content (AvgIpc) is 2.20. The van der Waals surface area contributed by atoms with Gasteiger partial charge in [-0.25, -0.2) is 4.39 Å². The number of ether oxygens (including phenoxy) is 1. The van der Waals surface area contributed by atoms with E-state index in [4.69, 9.17) is 9.84 Å². The molecule has 0 fully saturated rings. The van der Waals surface area contributed by atoms with Crippen molar-refractivity contribution in [2.45, 2.75) is 32.5 Å². The average molecular weight is 228 g/mol. The molecule has 90 valence electrons. The van der Waals surface area contributed by atoms with Crippen LogP contribution in [0.15, 0.2) is 18.2 Å². The van der Waals surface area contributed by atoms with Crippen LogP contribution in [0.1, 0.15) is 31.9 Å². The van der Waals surface area contributed by atoms with Gasteiger partial charge in [-0.1, -0.05) is 6.07 Å². The fraction of sp³-hybridized carbons (Fsp3) is 0.500. The second kappa shape index (κ2) is 5.82. The molecule has 1 aromatic rings. The lowest BCUT2D eigenvalue weighted by Gasteiger charge is -2.13. The molecule has 0 aliphatic rings. The fourth-order valence-corrected chi connectivity index (χ4v) is 1.36. The van der Waals surface area contributed by atoms with Crippen LogP contribution in [0.2, 0.25) is 0 Å². The molecule has 0 amide bonds. The number of rotatable bonds is 5. The second-order valence-electron chi connectivity index (χ2n) is 3.88. The summed E-state index contributed by atoms with van der Waals surface area (Å²) in [6, 6.07) is 4.32. The smallest absolute Gasteiger partial charge is 0.165 e. The number of benzene rings is 1. The summed E-state index contributed by atoms with van der Waals surface area (Å²) in [6.45, 7) is 3.49. The molecule has 2 N–H and O–H groups in total. The Kier molecular flexibility index (Phi) is 4.71. The summed E-state index contributed by atoms with van der Waals surface area (Å²) in [5.41, 5.74) is 0.447. The Morgan fingerprint density at radius 1 is 1.38 bits per heavy atom. The van der Waals surface area contributed by atoms with Crippen LogP contribution in [0.3, 0.4) is 0 Å². The minimum atomic E-state index is -0.840. The quantitative estimate of drug-likeness (QED) is 0.810. The maximum absolute atomic E-state index is 13.5. The molecule has 0 saturated carbocycles. The fourth-order valence-electron chi connectivity index (χ4n) is 1.36. The lowest BCUT2D eigenvalue weighted by atomic mass is 10.1. The van der Waals surface area contributed by atoms with Crippen LogP contribution in [0, 0.1) is 5.82 Å². The third-order valence-corrected chi connectivity index (χ3v) is 2.11. The van der Waals surface area contributed by atoms with Crippen molar-refractivity contribution < 1.29 is 19.3 Å². The van der Waals surface area contributed by atoms with Crippen molar-refractivity contribution in [3.63, 3.8) is 0 Å². The third-order valence-electron chi connectivity index (χ3n) is 2.11. The van der Waals surface area contributed by atoms with E-state index >= 15 is 0 Å². The standard InChI is InChI=1S/C12H17FO3/c1-8(2)16-12-4-3-9(7-10(12)13)11(15)5-6-14/h3-4,7-8,11,14-15H,5-6H2,1-2H3. The normalized spacial score (nSPS) is 12.9. The van der Waals surface area contributed by atoms with Crippen LogP contribution in [0.25, 0.3) is 0 Å². The second-order valence-corrected chi connectivity index (χ2v) is 3.88. The van der Waals surface area contributed by atoms with Crippen LogP contribution < -0.4 is 4.74 Å². The Morgan fingerprint density at radius 2 is 2.06 bits per heavy atom. The van der Waals surface area contributed by atoms with Gasteiger partial charge in [0.15, 0.2) is 11.6 Å². The molecule has 3 nitrogen and oxygen atoms in total. The number of aliphatic hydroxyl groups excluding tert-OH is 2. The van der Waals surface area contributed by atoms with Crippen molar-refractivity contribution in [2.24, 2.45) is 0 Å². The molecule has 0 aliphatic carbocycles. The maximum atomic E-state index is 13.5. The van der Waals surface area contributed by atoms with Crippen LogP contribution in [-0.4, -0.2) is 22.9 Å². The van der Waals surface area contributed by atoms with E-state index in [-0.39, 0.29) is 24.9 Å². The van der Waals surface area contributed by atoms with Crippen molar-refractivity contribution in [3.8, 4) is 5.75 Å². The summed E-state index contributed by atoms with van der Waals surface area (Å²) in [4.78, 5) is 0. The summed E-state index contributed by atoms with van der Waals surface area (Å²) in [7, 11) is 0. The van der Waals surface area contributed by atoms with Gasteiger partial charge < -0.3 is 14.9 Å². The molecule has 1 unspecified atom stereocenters. The number of hydrogen-bond acceptors (Lipinski definition) is 3. The lowest BCUT2D eigenvalue weighted by molar-refractivity contribution is 0.134. The number of halogens is 1. The molecular formula is C12H17FO3. The van der Waals surface area contributed by atoms with E-state index in [1.165, 1.54) is 12.1 Å². The summed E-state index contributed by atoms with van der Waals surface area (Å²) in [5.74, 6) is -0.321. The summed E-state index contributed by atoms with van der Waals surface area (Å²) in [5, 5.41) is 18.2. The zero-order valence-electron chi connectivity index (χ0n) is 9.48. The van der Waals surface area contributed by atoms with E-state index in [0.29, 0.717) is 5.56 Å². The van der Waals surface area contributed by atoms with Crippen molar-refractivity contribution in [2.75, 3.05) is 6.61 Å². The van der Waals surface area contributed by atoms with Gasteiger partial charge in [0.05, 0.1) is 12.2 Å². The Balaban J connectivity index is 2.82. The summed E-state index contributed by atoms with van der Waals surface area (Å²) < 4.78 is 18.7. The predicted octanol–water partition coefficient (Wildman–Crippen LogP) is 2.03. The van der Waals surface area contributed by atoms with Gasteiger partial charge in [0.2, 0.25) is 0 Å². The van der Waals surface area contributed by atoms with Gasteiger partial charge in [-0.2, -0.15) is 0 Å². The lowest BCUT2D eigenvalue weighted by Crippen LogP contribution is -2.08. The van der Waals surface area contributed by atoms with Crippen LogP contribution in [-0.2, 0) is 0 Å². The third kappa shape index (κ3) is 3.47. The largest absolute Gasteiger partial charge is 0.488 e. The molecule has 0 radical (unpaired) electrons. The molecule has 1 rings (SSSR count). The van der Waals surface area contributed by atoms with Crippen LogP contribution in [0.5, 0.6) is 5.75 Å². The SMILES string of the molecule is CC(C)Oc1ccc(C(O)CCO)cc1F. The van der Waals surface area contributed by atoms with E-state index in [2.05, 4.69) is 0 Å². The van der Waals surface area contributed by atoms with Gasteiger partial charge in [-0.15, -0.1) is 0 Å². The molecule has 1 aromatic carbocycles. The van der Waals surface area contributed by atoms with Crippen LogP contribution >= 0.6 is 0 Å². The maximum Gasteiger partial charge on any atom is 0.165 e. The van der Waals surface area contributed by atoms with Crippen molar-refractivity contribution in [3.05, 3.63) is 29.6 Å². The molecule has 1 atom stereocenters. The van der Waals surface area contributed by atoms with Crippen molar-refractivity contribution in [1.29, 1.82) is 0 Å². The highest BCUT2D eigenvalue weighted by molar-refractivity contribution is 5.30. The number of aliphatic hydroxyl groups is 2. The first-order valence-electron chi connectivity index (χ1n) is 5.29. The van der Waals surface area contributed by atoms with Gasteiger partial charge in [0.25, 0.3) is 0 Å². The van der Waals surface area contributed by atoms with E-state index < -0.39 is 11.9 Å². The van der Waals surface area contributed by atoms with E-state index in [9.17, 15) is 9.50 Å². The zero-order chi connectivity index (χ0) is 12.1. The van der Waals surface area contributed by atoms with Gasteiger partial charge in [0.1, 0.15) is 0 Å². The molecule has 0 bridgehead atoms. The molecular weight excluding hydrogens is 211 g/mol. The first-order chi connectivity index (χ1) is 7.54. The monoisotopic (exact) mass is 228 g/mol. The van der Waals surface area contributed by atoms with Crippen molar-refractivity contribution >= 4 is 0 Å². The Hall–Kier alpha value is -1.13. The van der Waals surface area contributed by atoms with Crippen LogP contribution in [0.4, 0.5) is 4.39 Å². The highest BCUT2D eigenvalue weighted by Gasteiger charge is 2.11. The molecule has 0 heterocycles. The predicted molar refractivity (Wildman–Crippen MR) is 58.8 cm³/mol. The summed E-state index contributed by atoms with van der Waals surface area (Å²) >= 11 is 0. The Bertz CT molecular complexity index is 339. The minimum Gasteiger partial charge on any atom is -0.488 e. The van der Waals surface area contributed by atoms with Crippen molar-refractivity contribution in [1.82, 2.24) is 0 Å². The minimum absolute atomic E-state index is 0.0947. The highest BCUT2D eigenvalue weighted by Crippen LogP contribution is 2.24. The summed E-state index contributed by atoms with van der Waals surface area (Å²) in [6.07, 6.45) is -0.737. The molecule has 16 heavy (non-hydrogen) atoms.